The zero-order chi connectivity index (χ0) is 15.3. The predicted octanol–water partition coefficient (Wildman–Crippen LogP) is 2.40. The number of benzene rings is 2. The third kappa shape index (κ3) is 3.82. The van der Waals surface area contributed by atoms with Gasteiger partial charge >= 0.3 is 0 Å². The molecule has 110 valence electrons. The van der Waals surface area contributed by atoms with Crippen molar-refractivity contribution in [1.82, 2.24) is 4.83 Å². The molecule has 2 aromatic carbocycles. The fourth-order valence-electron chi connectivity index (χ4n) is 1.68. The van der Waals surface area contributed by atoms with Gasteiger partial charge in [-0.05, 0) is 48.9 Å². The van der Waals surface area contributed by atoms with Gasteiger partial charge in [0.25, 0.3) is 10.0 Å². The zero-order valence-corrected chi connectivity index (χ0v) is 12.6. The van der Waals surface area contributed by atoms with Gasteiger partial charge < -0.3 is 4.74 Å². The van der Waals surface area contributed by atoms with Crippen LogP contribution < -0.4 is 9.57 Å². The number of nitrogens with one attached hydrogen (secondary N) is 1. The van der Waals surface area contributed by atoms with Gasteiger partial charge in [0.2, 0.25) is 0 Å². The van der Waals surface area contributed by atoms with Crippen molar-refractivity contribution in [2.24, 2.45) is 5.10 Å². The normalized spacial score (nSPS) is 12.0. The van der Waals surface area contributed by atoms with Crippen molar-refractivity contribution in [3.8, 4) is 5.75 Å². The maximum Gasteiger partial charge on any atom is 0.276 e. The molecule has 0 fully saturated rings. The number of sulfonamides is 1. The molecule has 2 aromatic rings. The first-order valence-electron chi connectivity index (χ1n) is 6.28. The lowest BCUT2D eigenvalue weighted by Crippen LogP contribution is -2.19. The van der Waals surface area contributed by atoms with Gasteiger partial charge in [0, 0.05) is 0 Å². The van der Waals surface area contributed by atoms with E-state index in [2.05, 4.69) is 9.93 Å². The first kappa shape index (κ1) is 15.1. The number of methoxy groups -OCH3 is 1. The third-order valence-electron chi connectivity index (χ3n) is 2.89. The molecule has 0 atom stereocenters. The van der Waals surface area contributed by atoms with Crippen LogP contribution in [0.15, 0.2) is 64.6 Å². The highest BCUT2D eigenvalue weighted by Gasteiger charge is 2.11. The average molecular weight is 304 g/mol. The van der Waals surface area contributed by atoms with E-state index in [1.807, 2.05) is 12.1 Å². The molecule has 0 radical (unpaired) electrons. The van der Waals surface area contributed by atoms with Crippen LogP contribution in [0.25, 0.3) is 0 Å². The van der Waals surface area contributed by atoms with Crippen molar-refractivity contribution in [2.75, 3.05) is 7.11 Å². The predicted molar refractivity (Wildman–Crippen MR) is 82.0 cm³/mol. The summed E-state index contributed by atoms with van der Waals surface area (Å²) in [4.78, 5) is 2.41. The maximum atomic E-state index is 12.0. The molecule has 0 aliphatic heterocycles. The zero-order valence-electron chi connectivity index (χ0n) is 11.8. The summed E-state index contributed by atoms with van der Waals surface area (Å²) < 4.78 is 29.1. The molecule has 6 heteroatoms. The van der Waals surface area contributed by atoms with Crippen LogP contribution in [0.1, 0.15) is 12.5 Å². The van der Waals surface area contributed by atoms with E-state index in [-0.39, 0.29) is 4.90 Å². The topological polar surface area (TPSA) is 67.8 Å². The molecule has 0 bridgehead atoms. The second kappa shape index (κ2) is 6.41. The average Bonchev–Trinajstić information content (AvgIpc) is 2.53. The minimum atomic E-state index is -3.64. The van der Waals surface area contributed by atoms with E-state index in [0.29, 0.717) is 5.71 Å². The number of nitrogens with zero attached hydrogens (tertiary/aromatic N) is 1. The summed E-state index contributed by atoms with van der Waals surface area (Å²) in [6.45, 7) is 1.73. The summed E-state index contributed by atoms with van der Waals surface area (Å²) >= 11 is 0. The van der Waals surface area contributed by atoms with Crippen molar-refractivity contribution < 1.29 is 13.2 Å². The van der Waals surface area contributed by atoms with Crippen LogP contribution in [0.5, 0.6) is 5.75 Å². The third-order valence-corrected chi connectivity index (χ3v) is 4.12. The second-order valence-corrected chi connectivity index (χ2v) is 5.99. The summed E-state index contributed by atoms with van der Waals surface area (Å²) in [5, 5.41) is 3.94. The second-order valence-electron chi connectivity index (χ2n) is 4.33. The Morgan fingerprint density at radius 1 is 1.05 bits per heavy atom. The summed E-state index contributed by atoms with van der Waals surface area (Å²) in [6, 6.07) is 15.3. The standard InChI is InChI=1S/C15H16N2O3S/c1-12(13-8-10-14(20-2)11-9-13)16-17-21(18,19)15-6-4-3-5-7-15/h3-11,17H,1-2H3. The van der Waals surface area contributed by atoms with E-state index in [4.69, 9.17) is 4.74 Å². The number of hydrogen-bond acceptors (Lipinski definition) is 4. The summed E-state index contributed by atoms with van der Waals surface area (Å²) in [5.74, 6) is 0.733. The first-order valence-corrected chi connectivity index (χ1v) is 7.77. The largest absolute Gasteiger partial charge is 0.497 e. The smallest absolute Gasteiger partial charge is 0.276 e. The molecule has 0 aliphatic rings. The molecule has 5 nitrogen and oxygen atoms in total. The molecule has 0 amide bonds. The number of rotatable bonds is 5. The lowest BCUT2D eigenvalue weighted by molar-refractivity contribution is 0.415. The van der Waals surface area contributed by atoms with Gasteiger partial charge in [0.05, 0.1) is 17.7 Å². The lowest BCUT2D eigenvalue weighted by atomic mass is 10.1. The van der Waals surface area contributed by atoms with Crippen molar-refractivity contribution >= 4 is 15.7 Å². The van der Waals surface area contributed by atoms with Gasteiger partial charge in [-0.15, -0.1) is 0 Å². The fourth-order valence-corrected chi connectivity index (χ4v) is 2.56. The first-order chi connectivity index (χ1) is 10.0. The Bertz CT molecular complexity index is 723. The lowest BCUT2D eigenvalue weighted by Gasteiger charge is -2.06. The van der Waals surface area contributed by atoms with Crippen molar-refractivity contribution in [3.63, 3.8) is 0 Å². The van der Waals surface area contributed by atoms with E-state index in [1.54, 1.807) is 44.4 Å². The van der Waals surface area contributed by atoms with Crippen LogP contribution in [0.3, 0.4) is 0 Å². The molecule has 2 rings (SSSR count). The fraction of sp³-hybridized carbons (Fsp3) is 0.133. The quantitative estimate of drug-likeness (QED) is 0.681. The molecule has 0 saturated heterocycles. The Balaban J connectivity index is 2.16. The summed E-state index contributed by atoms with van der Waals surface area (Å²) in [6.07, 6.45) is 0. The van der Waals surface area contributed by atoms with E-state index in [1.165, 1.54) is 12.1 Å². The Morgan fingerprint density at radius 2 is 1.67 bits per heavy atom. The van der Waals surface area contributed by atoms with Crippen LogP contribution in [-0.4, -0.2) is 21.2 Å². The molecule has 21 heavy (non-hydrogen) atoms. The Kier molecular flexibility index (Phi) is 4.59. The molecule has 0 aliphatic carbocycles. The van der Waals surface area contributed by atoms with E-state index >= 15 is 0 Å². The highest BCUT2D eigenvalue weighted by molar-refractivity contribution is 7.89. The molecule has 1 N–H and O–H groups in total. The van der Waals surface area contributed by atoms with Crippen LogP contribution in [0.2, 0.25) is 0 Å². The van der Waals surface area contributed by atoms with Crippen molar-refractivity contribution in [2.45, 2.75) is 11.8 Å². The maximum absolute atomic E-state index is 12.0. The molecule has 0 unspecified atom stereocenters. The molecule has 0 spiro atoms. The van der Waals surface area contributed by atoms with E-state index in [9.17, 15) is 8.42 Å². The molecular formula is C15H16N2O3S. The highest BCUT2D eigenvalue weighted by Crippen LogP contribution is 2.12. The van der Waals surface area contributed by atoms with Gasteiger partial charge in [0.1, 0.15) is 5.75 Å². The molecular weight excluding hydrogens is 288 g/mol. The van der Waals surface area contributed by atoms with Gasteiger partial charge in [-0.25, -0.2) is 0 Å². The van der Waals surface area contributed by atoms with Crippen LogP contribution >= 0.6 is 0 Å². The SMILES string of the molecule is COc1ccc(C(C)=NNS(=O)(=O)c2ccccc2)cc1. The van der Waals surface area contributed by atoms with Crippen molar-refractivity contribution in [3.05, 3.63) is 60.2 Å². The Labute approximate surface area is 124 Å². The number of hydrogen-bond donors (Lipinski definition) is 1. The van der Waals surface area contributed by atoms with E-state index < -0.39 is 10.0 Å². The van der Waals surface area contributed by atoms with Gasteiger partial charge in [-0.1, -0.05) is 18.2 Å². The number of ether oxygens (including phenoxy) is 1. The highest BCUT2D eigenvalue weighted by atomic mass is 32.2. The van der Waals surface area contributed by atoms with Crippen molar-refractivity contribution in [1.29, 1.82) is 0 Å². The minimum absolute atomic E-state index is 0.177. The monoisotopic (exact) mass is 304 g/mol. The summed E-state index contributed by atoms with van der Waals surface area (Å²) in [7, 11) is -2.05. The van der Waals surface area contributed by atoms with Gasteiger partial charge in [0.15, 0.2) is 0 Å². The van der Waals surface area contributed by atoms with Crippen LogP contribution in [0.4, 0.5) is 0 Å². The molecule has 0 heterocycles. The Hall–Kier alpha value is -2.34. The Morgan fingerprint density at radius 3 is 2.24 bits per heavy atom. The van der Waals surface area contributed by atoms with Gasteiger partial charge in [-0.2, -0.15) is 18.4 Å². The van der Waals surface area contributed by atoms with Crippen LogP contribution in [-0.2, 0) is 10.0 Å². The minimum Gasteiger partial charge on any atom is -0.497 e. The van der Waals surface area contributed by atoms with Gasteiger partial charge in [-0.3, -0.25) is 0 Å². The number of hydrazone groups is 1. The summed E-state index contributed by atoms with van der Waals surface area (Å²) in [5.41, 5.74) is 1.38. The molecule has 0 aromatic heterocycles. The van der Waals surface area contributed by atoms with E-state index in [0.717, 1.165) is 11.3 Å². The molecule has 0 saturated carbocycles. The van der Waals surface area contributed by atoms with Crippen LogP contribution in [0, 0.1) is 0 Å².